The van der Waals surface area contributed by atoms with Crippen molar-refractivity contribution in [3.8, 4) is 0 Å². The van der Waals surface area contributed by atoms with Gasteiger partial charge in [-0.05, 0) is 37.1 Å². The van der Waals surface area contributed by atoms with E-state index in [1.54, 1.807) is 0 Å². The zero-order valence-corrected chi connectivity index (χ0v) is 14.8. The summed E-state index contributed by atoms with van der Waals surface area (Å²) in [5.74, 6) is 0.580. The van der Waals surface area contributed by atoms with Crippen molar-refractivity contribution in [2.75, 3.05) is 6.61 Å². The van der Waals surface area contributed by atoms with Crippen LogP contribution in [-0.2, 0) is 4.74 Å². The van der Waals surface area contributed by atoms with Gasteiger partial charge in [-0.15, -0.1) is 0 Å². The fourth-order valence-corrected chi connectivity index (χ4v) is 3.37. The van der Waals surface area contributed by atoms with Crippen molar-refractivity contribution in [3.05, 3.63) is 69.7 Å². The second-order valence-corrected chi connectivity index (χ2v) is 6.82. The highest BCUT2D eigenvalue weighted by Crippen LogP contribution is 2.54. The number of amides is 1. The van der Waals surface area contributed by atoms with Gasteiger partial charge in [-0.25, -0.2) is 4.79 Å². The summed E-state index contributed by atoms with van der Waals surface area (Å²) in [6.45, 7) is 4.28. The Kier molecular flexibility index (Phi) is 4.71. The van der Waals surface area contributed by atoms with E-state index in [2.05, 4.69) is 64.6 Å². The number of nitrogens with one attached hydrogen (secondary N) is 1. The topological polar surface area (TPSA) is 38.3 Å². The Bertz CT molecular complexity index is 630. The predicted octanol–water partition coefficient (Wildman–Crippen LogP) is 4.75. The number of ether oxygens (including phenoxy) is 1. The molecule has 2 aromatic rings. The first-order valence-electron chi connectivity index (χ1n) is 7.85. The van der Waals surface area contributed by atoms with Crippen molar-refractivity contribution in [3.63, 3.8) is 0 Å². The van der Waals surface area contributed by atoms with Gasteiger partial charge in [0.2, 0.25) is 0 Å². The average molecular weight is 374 g/mol. The highest BCUT2D eigenvalue weighted by molar-refractivity contribution is 9.10. The third-order valence-corrected chi connectivity index (χ3v) is 4.83. The number of benzene rings is 2. The van der Waals surface area contributed by atoms with E-state index < -0.39 is 0 Å². The largest absolute Gasteiger partial charge is 0.450 e. The van der Waals surface area contributed by atoms with Crippen LogP contribution in [0.3, 0.4) is 0 Å². The molecule has 0 radical (unpaired) electrons. The Morgan fingerprint density at radius 2 is 1.57 bits per heavy atom. The molecule has 0 aromatic heterocycles. The van der Waals surface area contributed by atoms with Crippen LogP contribution < -0.4 is 5.32 Å². The van der Waals surface area contributed by atoms with E-state index in [-0.39, 0.29) is 18.1 Å². The van der Waals surface area contributed by atoms with Crippen molar-refractivity contribution in [1.29, 1.82) is 0 Å². The van der Waals surface area contributed by atoms with Crippen LogP contribution in [-0.4, -0.2) is 18.7 Å². The Hall–Kier alpha value is -1.81. The first kappa shape index (κ1) is 16.1. The van der Waals surface area contributed by atoms with Gasteiger partial charge in [0, 0.05) is 22.4 Å². The molecule has 1 amide bonds. The molecule has 3 rings (SSSR count). The average Bonchev–Trinajstić information content (AvgIpc) is 3.22. The zero-order chi connectivity index (χ0) is 16.4. The maximum absolute atomic E-state index is 11.8. The normalized spacial score (nSPS) is 22.5. The number of halogens is 1. The molecule has 1 fully saturated rings. The third kappa shape index (κ3) is 3.58. The molecule has 0 saturated heterocycles. The second kappa shape index (κ2) is 6.75. The van der Waals surface area contributed by atoms with E-state index in [4.69, 9.17) is 4.74 Å². The fraction of sp³-hybridized carbons (Fsp3) is 0.316. The minimum atomic E-state index is -0.339. The molecule has 23 heavy (non-hydrogen) atoms. The number of alkyl carbamates (subject to hydrolysis) is 1. The molecule has 0 aliphatic heterocycles. The highest BCUT2D eigenvalue weighted by atomic mass is 79.9. The van der Waals surface area contributed by atoms with Crippen molar-refractivity contribution in [2.45, 2.75) is 31.7 Å². The number of rotatable bonds is 4. The molecule has 4 heteroatoms. The van der Waals surface area contributed by atoms with Crippen LogP contribution in [0.5, 0.6) is 0 Å². The lowest BCUT2D eigenvalue weighted by atomic mass is 10.0. The maximum atomic E-state index is 11.8. The quantitative estimate of drug-likeness (QED) is 0.839. The molecule has 120 valence electrons. The number of carbonyl (C=O) groups is 1. The molecule has 1 aliphatic carbocycles. The van der Waals surface area contributed by atoms with Crippen LogP contribution in [0.2, 0.25) is 0 Å². The lowest BCUT2D eigenvalue weighted by molar-refractivity contribution is 0.151. The van der Waals surface area contributed by atoms with Gasteiger partial charge in [-0.2, -0.15) is 0 Å². The monoisotopic (exact) mass is 373 g/mol. The van der Waals surface area contributed by atoms with Crippen LogP contribution in [0.15, 0.2) is 53.0 Å². The van der Waals surface area contributed by atoms with Gasteiger partial charge >= 0.3 is 6.09 Å². The van der Waals surface area contributed by atoms with Crippen molar-refractivity contribution in [2.24, 2.45) is 0 Å². The molecule has 0 heterocycles. The van der Waals surface area contributed by atoms with Crippen molar-refractivity contribution < 1.29 is 9.53 Å². The van der Waals surface area contributed by atoms with E-state index in [0.29, 0.717) is 12.5 Å². The summed E-state index contributed by atoms with van der Waals surface area (Å²) >= 11 is 3.47. The molecular weight excluding hydrogens is 354 g/mol. The lowest BCUT2D eigenvalue weighted by Gasteiger charge is -2.05. The number of aryl methyl sites for hydroxylation is 1. The molecule has 0 spiro atoms. The third-order valence-electron chi connectivity index (χ3n) is 4.30. The summed E-state index contributed by atoms with van der Waals surface area (Å²) in [6, 6.07) is 16.9. The fourth-order valence-electron chi connectivity index (χ4n) is 3.10. The Balaban J connectivity index is 1.83. The van der Waals surface area contributed by atoms with E-state index >= 15 is 0 Å². The number of hydrogen-bond donors (Lipinski definition) is 1. The minimum Gasteiger partial charge on any atom is -0.450 e. The Morgan fingerprint density at radius 3 is 2.09 bits per heavy atom. The van der Waals surface area contributed by atoms with Crippen LogP contribution in [0.25, 0.3) is 0 Å². The molecule has 1 N–H and O–H groups in total. The predicted molar refractivity (Wildman–Crippen MR) is 94.7 cm³/mol. The second-order valence-electron chi connectivity index (χ2n) is 5.90. The minimum absolute atomic E-state index is 0.0814. The van der Waals surface area contributed by atoms with Crippen LogP contribution in [0, 0.1) is 6.92 Å². The van der Waals surface area contributed by atoms with E-state index in [9.17, 15) is 4.79 Å². The zero-order valence-electron chi connectivity index (χ0n) is 13.3. The molecule has 1 aliphatic rings. The van der Waals surface area contributed by atoms with E-state index in [1.807, 2.05) is 19.1 Å². The van der Waals surface area contributed by atoms with Crippen LogP contribution >= 0.6 is 15.9 Å². The molecule has 2 aromatic carbocycles. The van der Waals surface area contributed by atoms with E-state index in [1.165, 1.54) is 16.7 Å². The Labute approximate surface area is 145 Å². The highest BCUT2D eigenvalue weighted by Gasteiger charge is 2.52. The molecule has 1 saturated carbocycles. The van der Waals surface area contributed by atoms with Crippen molar-refractivity contribution in [1.82, 2.24) is 5.32 Å². The molecule has 0 bridgehead atoms. The van der Waals surface area contributed by atoms with Gasteiger partial charge in [0.15, 0.2) is 0 Å². The summed E-state index contributed by atoms with van der Waals surface area (Å²) in [4.78, 5) is 11.8. The summed E-state index contributed by atoms with van der Waals surface area (Å²) in [7, 11) is 0. The van der Waals surface area contributed by atoms with E-state index in [0.717, 1.165) is 4.47 Å². The number of carbonyl (C=O) groups excluding carboxylic acids is 1. The summed E-state index contributed by atoms with van der Waals surface area (Å²) in [5, 5.41) is 3.01. The van der Waals surface area contributed by atoms with Gasteiger partial charge in [0.05, 0.1) is 6.61 Å². The van der Waals surface area contributed by atoms with Gasteiger partial charge in [-0.3, -0.25) is 0 Å². The van der Waals surface area contributed by atoms with Gasteiger partial charge in [-0.1, -0.05) is 57.9 Å². The first-order chi connectivity index (χ1) is 11.1. The Morgan fingerprint density at radius 1 is 1.04 bits per heavy atom. The van der Waals surface area contributed by atoms with Crippen molar-refractivity contribution >= 4 is 22.0 Å². The molecule has 3 atom stereocenters. The first-order valence-corrected chi connectivity index (χ1v) is 8.64. The van der Waals surface area contributed by atoms with Gasteiger partial charge < -0.3 is 10.1 Å². The maximum Gasteiger partial charge on any atom is 0.407 e. The molecule has 3 nitrogen and oxygen atoms in total. The lowest BCUT2D eigenvalue weighted by Crippen LogP contribution is -2.28. The van der Waals surface area contributed by atoms with Gasteiger partial charge in [0.25, 0.3) is 0 Å². The van der Waals surface area contributed by atoms with Crippen LogP contribution in [0.4, 0.5) is 4.79 Å². The SMILES string of the molecule is CCOC(=O)NC1[C@@H](c2ccc(C)cc2)[C@@H]1c1ccc(Br)cc1. The number of hydrogen-bond acceptors (Lipinski definition) is 2. The summed E-state index contributed by atoms with van der Waals surface area (Å²) in [5.41, 5.74) is 3.73. The summed E-state index contributed by atoms with van der Waals surface area (Å²) < 4.78 is 6.10. The van der Waals surface area contributed by atoms with Crippen LogP contribution in [0.1, 0.15) is 35.4 Å². The van der Waals surface area contributed by atoms with Gasteiger partial charge in [0.1, 0.15) is 0 Å². The smallest absolute Gasteiger partial charge is 0.407 e. The summed E-state index contributed by atoms with van der Waals surface area (Å²) in [6.07, 6.45) is -0.339. The standard InChI is InChI=1S/C19H20BrNO2/c1-3-23-19(22)21-18-16(13-6-4-12(2)5-7-13)17(18)14-8-10-15(20)11-9-14/h4-11,16-18H,3H2,1-2H3,(H,21,22)/t16-,17-,18?/m0/s1. The molecule has 1 unspecified atom stereocenters. The molecular formula is C19H20BrNO2.